The van der Waals surface area contributed by atoms with Gasteiger partial charge in [0.25, 0.3) is 0 Å². The van der Waals surface area contributed by atoms with Gasteiger partial charge in [-0.25, -0.2) is 0 Å². The van der Waals surface area contributed by atoms with Gasteiger partial charge in [-0.2, -0.15) is 0 Å². The smallest absolute Gasteiger partial charge is 0.226 e. The predicted molar refractivity (Wildman–Crippen MR) is 117 cm³/mol. The summed E-state index contributed by atoms with van der Waals surface area (Å²) in [5, 5.41) is 11.7. The summed E-state index contributed by atoms with van der Waals surface area (Å²) in [6.45, 7) is 0.945. The summed E-state index contributed by atoms with van der Waals surface area (Å²) in [4.78, 5) is 12.4. The molecule has 3 N–H and O–H groups in total. The van der Waals surface area contributed by atoms with Gasteiger partial charge >= 0.3 is 0 Å². The second kappa shape index (κ2) is 9.67. The molecule has 1 amide bonds. The number of nitrogens with zero attached hydrogens (tertiary/aromatic N) is 3. The van der Waals surface area contributed by atoms with E-state index in [0.717, 1.165) is 54.3 Å². The number of fused-ring (bicyclic) bond motifs is 1. The summed E-state index contributed by atoms with van der Waals surface area (Å²) < 4.78 is 2.21. The van der Waals surface area contributed by atoms with Crippen LogP contribution in [-0.2, 0) is 17.8 Å². The Morgan fingerprint density at radius 2 is 1.90 bits per heavy atom. The van der Waals surface area contributed by atoms with Crippen LogP contribution in [-0.4, -0.2) is 20.7 Å². The highest BCUT2D eigenvalue weighted by Gasteiger charge is 2.17. The van der Waals surface area contributed by atoms with Crippen molar-refractivity contribution in [3.05, 3.63) is 66.0 Å². The molecule has 1 unspecified atom stereocenters. The molecule has 4 rings (SSSR count). The second-order valence-electron chi connectivity index (χ2n) is 7.25. The average Bonchev–Trinajstić information content (AvgIpc) is 2.97. The number of carbonyl (C=O) groups excluding carboxylic acids is 1. The first-order valence-corrected chi connectivity index (χ1v) is 9.83. The van der Waals surface area contributed by atoms with Gasteiger partial charge in [0, 0.05) is 36.7 Å². The molecule has 29 heavy (non-hydrogen) atoms. The Balaban J connectivity index is 0.00000240. The minimum absolute atomic E-state index is 0. The van der Waals surface area contributed by atoms with Gasteiger partial charge in [-0.3, -0.25) is 4.79 Å². The topological polar surface area (TPSA) is 85.8 Å². The lowest BCUT2D eigenvalue weighted by Crippen LogP contribution is -2.20. The van der Waals surface area contributed by atoms with Gasteiger partial charge in [-0.1, -0.05) is 48.9 Å². The zero-order valence-electron chi connectivity index (χ0n) is 16.3. The first-order chi connectivity index (χ1) is 13.7. The van der Waals surface area contributed by atoms with Crippen LogP contribution in [0.4, 0.5) is 5.69 Å². The lowest BCUT2D eigenvalue weighted by molar-refractivity contribution is -0.116. The number of hydrogen-bond donors (Lipinski definition) is 2. The number of nitrogens with two attached hydrogens (primary N) is 1. The summed E-state index contributed by atoms with van der Waals surface area (Å²) in [6, 6.07) is 17.1. The van der Waals surface area contributed by atoms with Gasteiger partial charge in [-0.15, -0.1) is 22.6 Å². The van der Waals surface area contributed by atoms with Gasteiger partial charge in [0.05, 0.1) is 0 Å². The van der Waals surface area contributed by atoms with Gasteiger partial charge < -0.3 is 15.6 Å². The van der Waals surface area contributed by atoms with Crippen molar-refractivity contribution >= 4 is 24.0 Å². The van der Waals surface area contributed by atoms with E-state index in [9.17, 15) is 4.79 Å². The zero-order chi connectivity index (χ0) is 19.3. The maximum atomic E-state index is 12.4. The molecule has 3 aromatic rings. The number of nitrogens with one attached hydrogen (secondary N) is 1. The van der Waals surface area contributed by atoms with Crippen molar-refractivity contribution in [2.24, 2.45) is 5.73 Å². The molecule has 0 aliphatic carbocycles. The van der Waals surface area contributed by atoms with Gasteiger partial charge in [0.15, 0.2) is 5.82 Å². The molecule has 2 aromatic carbocycles. The third-order valence-corrected chi connectivity index (χ3v) is 5.15. The van der Waals surface area contributed by atoms with Crippen LogP contribution in [0.25, 0.3) is 11.4 Å². The molecule has 0 saturated carbocycles. The molecule has 1 atom stereocenters. The van der Waals surface area contributed by atoms with E-state index in [-0.39, 0.29) is 30.8 Å². The van der Waals surface area contributed by atoms with Crippen LogP contribution in [0.5, 0.6) is 0 Å². The standard InChI is InChI=1S/C22H25N5O.ClH/c23-19(16-8-3-1-4-9-16)15-21(28)24-18-11-7-10-17(14-18)22-26-25-20-12-5-2-6-13-27(20)22;/h1,3-4,7-11,14,19H,2,5-6,12-13,15,23H2,(H,24,28);1H. The maximum Gasteiger partial charge on any atom is 0.226 e. The number of carbonyl (C=O) groups is 1. The summed E-state index contributed by atoms with van der Waals surface area (Å²) >= 11 is 0. The molecular weight excluding hydrogens is 386 g/mol. The van der Waals surface area contributed by atoms with Crippen LogP contribution in [0, 0.1) is 0 Å². The van der Waals surface area contributed by atoms with E-state index >= 15 is 0 Å². The molecule has 0 spiro atoms. The Kier molecular flexibility index (Phi) is 7.01. The molecule has 1 aliphatic rings. The molecule has 0 saturated heterocycles. The summed E-state index contributed by atoms with van der Waals surface area (Å²) in [5.41, 5.74) is 8.83. The molecule has 152 valence electrons. The Morgan fingerprint density at radius 1 is 1.07 bits per heavy atom. The lowest BCUT2D eigenvalue weighted by atomic mass is 10.0. The number of rotatable bonds is 5. The number of aryl methyl sites for hydroxylation is 1. The molecule has 6 nitrogen and oxygen atoms in total. The first-order valence-electron chi connectivity index (χ1n) is 9.83. The SMILES string of the molecule is Cl.NC(CC(=O)Nc1cccc(-c2nnc3n2CCCCC3)c1)c1ccccc1. The molecule has 0 fully saturated rings. The van der Waals surface area contributed by atoms with Crippen LogP contribution in [0.3, 0.4) is 0 Å². The predicted octanol–water partition coefficient (Wildman–Crippen LogP) is 4.12. The van der Waals surface area contributed by atoms with E-state index in [4.69, 9.17) is 5.73 Å². The Labute approximate surface area is 176 Å². The third-order valence-electron chi connectivity index (χ3n) is 5.15. The van der Waals surface area contributed by atoms with E-state index < -0.39 is 0 Å². The Hall–Kier alpha value is -2.70. The molecule has 1 aromatic heterocycles. The Morgan fingerprint density at radius 3 is 2.72 bits per heavy atom. The fourth-order valence-corrected chi connectivity index (χ4v) is 3.66. The number of amides is 1. The highest BCUT2D eigenvalue weighted by atomic mass is 35.5. The van der Waals surface area contributed by atoms with Crippen LogP contribution in [0.1, 0.15) is 43.1 Å². The largest absolute Gasteiger partial charge is 0.326 e. The normalized spacial score (nSPS) is 14.2. The highest BCUT2D eigenvalue weighted by Crippen LogP contribution is 2.25. The van der Waals surface area contributed by atoms with E-state index in [1.54, 1.807) is 0 Å². The molecule has 0 bridgehead atoms. The van der Waals surface area contributed by atoms with E-state index in [0.29, 0.717) is 0 Å². The second-order valence-corrected chi connectivity index (χ2v) is 7.25. The summed E-state index contributed by atoms with van der Waals surface area (Å²) in [7, 11) is 0. The van der Waals surface area contributed by atoms with Crippen LogP contribution < -0.4 is 11.1 Å². The van der Waals surface area contributed by atoms with Crippen molar-refractivity contribution in [3.63, 3.8) is 0 Å². The van der Waals surface area contributed by atoms with Gasteiger partial charge in [-0.05, 0) is 30.5 Å². The van der Waals surface area contributed by atoms with Crippen molar-refractivity contribution in [2.75, 3.05) is 5.32 Å². The van der Waals surface area contributed by atoms with Crippen LogP contribution in [0.2, 0.25) is 0 Å². The van der Waals surface area contributed by atoms with E-state index in [1.165, 1.54) is 6.42 Å². The average molecular weight is 412 g/mol. The van der Waals surface area contributed by atoms with Crippen LogP contribution >= 0.6 is 12.4 Å². The third kappa shape index (κ3) is 5.02. The highest BCUT2D eigenvalue weighted by molar-refractivity contribution is 5.91. The summed E-state index contributed by atoms with van der Waals surface area (Å²) in [6.07, 6.45) is 4.73. The molecule has 2 heterocycles. The van der Waals surface area contributed by atoms with E-state index in [1.807, 2.05) is 54.6 Å². The number of halogens is 1. The van der Waals surface area contributed by atoms with Crippen molar-refractivity contribution in [3.8, 4) is 11.4 Å². The Bertz CT molecular complexity index is 957. The van der Waals surface area contributed by atoms with Crippen molar-refractivity contribution in [2.45, 2.75) is 44.7 Å². The van der Waals surface area contributed by atoms with E-state index in [2.05, 4.69) is 20.1 Å². The minimum atomic E-state index is -0.323. The van der Waals surface area contributed by atoms with Crippen LogP contribution in [0.15, 0.2) is 54.6 Å². The fourth-order valence-electron chi connectivity index (χ4n) is 3.66. The lowest BCUT2D eigenvalue weighted by Gasteiger charge is -2.13. The number of anilines is 1. The summed E-state index contributed by atoms with van der Waals surface area (Å²) in [5.74, 6) is 1.82. The number of benzene rings is 2. The van der Waals surface area contributed by atoms with Crippen molar-refractivity contribution < 1.29 is 4.79 Å². The number of hydrogen-bond acceptors (Lipinski definition) is 4. The maximum absolute atomic E-state index is 12.4. The van der Waals surface area contributed by atoms with Crippen molar-refractivity contribution in [1.82, 2.24) is 14.8 Å². The number of aromatic nitrogens is 3. The molecular formula is C22H26ClN5O. The fraction of sp³-hybridized carbons (Fsp3) is 0.318. The van der Waals surface area contributed by atoms with Gasteiger partial charge in [0.1, 0.15) is 5.82 Å². The van der Waals surface area contributed by atoms with Crippen molar-refractivity contribution in [1.29, 1.82) is 0 Å². The minimum Gasteiger partial charge on any atom is -0.326 e. The quantitative estimate of drug-likeness (QED) is 0.661. The molecule has 1 aliphatic heterocycles. The molecule has 7 heteroatoms. The zero-order valence-corrected chi connectivity index (χ0v) is 17.1. The first kappa shape index (κ1) is 21.0. The monoisotopic (exact) mass is 411 g/mol. The van der Waals surface area contributed by atoms with Gasteiger partial charge in [0.2, 0.25) is 5.91 Å². The molecule has 0 radical (unpaired) electrons.